The SMILES string of the molecule is CC1=CC[C@H](C)O[C@H](COCc2ccccc2)C1. The Bertz CT molecular complexity index is 383. The highest BCUT2D eigenvalue weighted by Crippen LogP contribution is 2.18. The normalized spacial score (nSPS) is 24.4. The second-order valence-electron chi connectivity index (χ2n) is 5.06. The Morgan fingerprint density at radius 2 is 2.06 bits per heavy atom. The minimum atomic E-state index is 0.197. The van der Waals surface area contributed by atoms with Crippen LogP contribution in [-0.4, -0.2) is 18.8 Å². The van der Waals surface area contributed by atoms with Crippen LogP contribution in [0.2, 0.25) is 0 Å². The molecule has 1 aromatic carbocycles. The molecule has 2 heteroatoms. The van der Waals surface area contributed by atoms with Gasteiger partial charge < -0.3 is 9.47 Å². The third kappa shape index (κ3) is 4.28. The quantitative estimate of drug-likeness (QED) is 0.754. The first-order valence-corrected chi connectivity index (χ1v) is 6.67. The molecule has 0 saturated carbocycles. The molecule has 1 aliphatic heterocycles. The van der Waals surface area contributed by atoms with Crippen LogP contribution in [0.3, 0.4) is 0 Å². The van der Waals surface area contributed by atoms with Crippen LogP contribution in [-0.2, 0) is 16.1 Å². The summed E-state index contributed by atoms with van der Waals surface area (Å²) in [6, 6.07) is 10.3. The van der Waals surface area contributed by atoms with E-state index in [4.69, 9.17) is 9.47 Å². The van der Waals surface area contributed by atoms with Crippen molar-refractivity contribution in [3.8, 4) is 0 Å². The monoisotopic (exact) mass is 246 g/mol. The van der Waals surface area contributed by atoms with Gasteiger partial charge in [0.2, 0.25) is 0 Å². The van der Waals surface area contributed by atoms with Crippen LogP contribution in [0.4, 0.5) is 0 Å². The van der Waals surface area contributed by atoms with Gasteiger partial charge in [0, 0.05) is 0 Å². The molecule has 0 aromatic heterocycles. The Morgan fingerprint density at radius 1 is 1.28 bits per heavy atom. The van der Waals surface area contributed by atoms with E-state index in [0.29, 0.717) is 19.3 Å². The highest BCUT2D eigenvalue weighted by Gasteiger charge is 2.17. The standard InChI is InChI=1S/C16H22O2/c1-13-8-9-14(2)18-16(10-13)12-17-11-15-6-4-3-5-7-15/h3-8,14,16H,9-12H2,1-2H3/t14-,16-/m0/s1. The highest BCUT2D eigenvalue weighted by atomic mass is 16.5. The van der Waals surface area contributed by atoms with Crippen molar-refractivity contribution in [3.05, 3.63) is 47.5 Å². The molecule has 0 unspecified atom stereocenters. The smallest absolute Gasteiger partial charge is 0.0849 e. The van der Waals surface area contributed by atoms with Crippen molar-refractivity contribution in [3.63, 3.8) is 0 Å². The zero-order chi connectivity index (χ0) is 12.8. The van der Waals surface area contributed by atoms with Gasteiger partial charge in [-0.25, -0.2) is 0 Å². The van der Waals surface area contributed by atoms with Crippen LogP contribution in [0.5, 0.6) is 0 Å². The van der Waals surface area contributed by atoms with Gasteiger partial charge >= 0.3 is 0 Å². The molecule has 0 amide bonds. The Morgan fingerprint density at radius 3 is 2.83 bits per heavy atom. The van der Waals surface area contributed by atoms with Gasteiger partial charge in [-0.05, 0) is 32.3 Å². The van der Waals surface area contributed by atoms with E-state index in [0.717, 1.165) is 12.8 Å². The summed E-state index contributed by atoms with van der Waals surface area (Å²) in [5.74, 6) is 0. The summed E-state index contributed by atoms with van der Waals surface area (Å²) in [4.78, 5) is 0. The maximum atomic E-state index is 5.94. The van der Waals surface area contributed by atoms with Crippen molar-refractivity contribution in [1.29, 1.82) is 0 Å². The molecule has 1 aromatic rings. The average molecular weight is 246 g/mol. The fourth-order valence-electron chi connectivity index (χ4n) is 2.22. The molecule has 2 atom stereocenters. The average Bonchev–Trinajstić information content (AvgIpc) is 2.52. The maximum absolute atomic E-state index is 5.94. The van der Waals surface area contributed by atoms with Crippen molar-refractivity contribution < 1.29 is 9.47 Å². The molecule has 0 radical (unpaired) electrons. The number of rotatable bonds is 4. The first kappa shape index (κ1) is 13.3. The minimum Gasteiger partial charge on any atom is -0.374 e. The second-order valence-corrected chi connectivity index (χ2v) is 5.06. The van der Waals surface area contributed by atoms with E-state index in [-0.39, 0.29) is 6.10 Å². The molecular weight excluding hydrogens is 224 g/mol. The highest BCUT2D eigenvalue weighted by molar-refractivity contribution is 5.13. The van der Waals surface area contributed by atoms with Crippen molar-refractivity contribution in [1.82, 2.24) is 0 Å². The Balaban J connectivity index is 1.77. The van der Waals surface area contributed by atoms with Crippen LogP contribution in [0, 0.1) is 0 Å². The van der Waals surface area contributed by atoms with Crippen LogP contribution in [0.1, 0.15) is 32.3 Å². The van der Waals surface area contributed by atoms with Crippen LogP contribution in [0.25, 0.3) is 0 Å². The first-order valence-electron chi connectivity index (χ1n) is 6.67. The Kier molecular flexibility index (Phi) is 4.97. The van der Waals surface area contributed by atoms with Gasteiger partial charge in [-0.15, -0.1) is 0 Å². The van der Waals surface area contributed by atoms with E-state index in [9.17, 15) is 0 Å². The summed E-state index contributed by atoms with van der Waals surface area (Å²) in [6.45, 7) is 5.63. The van der Waals surface area contributed by atoms with Gasteiger partial charge in [0.05, 0.1) is 25.4 Å². The topological polar surface area (TPSA) is 18.5 Å². The van der Waals surface area contributed by atoms with Gasteiger partial charge in [0.25, 0.3) is 0 Å². The number of hydrogen-bond donors (Lipinski definition) is 0. The molecule has 98 valence electrons. The molecule has 0 fully saturated rings. The summed E-state index contributed by atoms with van der Waals surface area (Å²) in [5.41, 5.74) is 2.62. The summed E-state index contributed by atoms with van der Waals surface area (Å²) < 4.78 is 11.7. The summed E-state index contributed by atoms with van der Waals surface area (Å²) in [6.07, 6.45) is 4.78. The minimum absolute atomic E-state index is 0.197. The fraction of sp³-hybridized carbons (Fsp3) is 0.500. The van der Waals surface area contributed by atoms with Gasteiger partial charge in [0.15, 0.2) is 0 Å². The van der Waals surface area contributed by atoms with Crippen molar-refractivity contribution in [2.24, 2.45) is 0 Å². The fourth-order valence-corrected chi connectivity index (χ4v) is 2.22. The van der Waals surface area contributed by atoms with Gasteiger partial charge in [0.1, 0.15) is 0 Å². The van der Waals surface area contributed by atoms with Crippen LogP contribution >= 0.6 is 0 Å². The van der Waals surface area contributed by atoms with Crippen molar-refractivity contribution in [2.75, 3.05) is 6.61 Å². The Hall–Kier alpha value is -1.12. The third-order valence-corrected chi connectivity index (χ3v) is 3.19. The molecule has 1 aliphatic rings. The lowest BCUT2D eigenvalue weighted by Gasteiger charge is -2.19. The van der Waals surface area contributed by atoms with Crippen molar-refractivity contribution in [2.45, 2.75) is 45.5 Å². The lowest BCUT2D eigenvalue weighted by Crippen LogP contribution is -2.23. The summed E-state index contributed by atoms with van der Waals surface area (Å²) in [7, 11) is 0. The molecule has 0 saturated heterocycles. The maximum Gasteiger partial charge on any atom is 0.0849 e. The number of hydrogen-bond acceptors (Lipinski definition) is 2. The summed E-state index contributed by atoms with van der Waals surface area (Å²) >= 11 is 0. The van der Waals surface area contributed by atoms with E-state index in [1.165, 1.54) is 11.1 Å². The Labute approximate surface area is 110 Å². The zero-order valence-electron chi connectivity index (χ0n) is 11.3. The predicted octanol–water partition coefficient (Wildman–Crippen LogP) is 3.72. The van der Waals surface area contributed by atoms with E-state index in [1.54, 1.807) is 0 Å². The number of benzene rings is 1. The molecule has 2 nitrogen and oxygen atoms in total. The second kappa shape index (κ2) is 6.72. The van der Waals surface area contributed by atoms with E-state index in [2.05, 4.69) is 32.1 Å². The van der Waals surface area contributed by atoms with Gasteiger partial charge in [-0.1, -0.05) is 42.0 Å². The molecule has 0 bridgehead atoms. The van der Waals surface area contributed by atoms with Crippen LogP contribution in [0.15, 0.2) is 42.0 Å². The summed E-state index contributed by atoms with van der Waals surface area (Å²) in [5, 5.41) is 0. The van der Waals surface area contributed by atoms with Gasteiger partial charge in [-0.3, -0.25) is 0 Å². The molecule has 18 heavy (non-hydrogen) atoms. The van der Waals surface area contributed by atoms with E-state index >= 15 is 0 Å². The lowest BCUT2D eigenvalue weighted by atomic mass is 10.1. The molecular formula is C16H22O2. The number of ether oxygens (including phenoxy) is 2. The lowest BCUT2D eigenvalue weighted by molar-refractivity contribution is -0.0495. The first-order chi connectivity index (χ1) is 8.74. The largest absolute Gasteiger partial charge is 0.374 e. The molecule has 1 heterocycles. The van der Waals surface area contributed by atoms with Gasteiger partial charge in [-0.2, -0.15) is 0 Å². The van der Waals surface area contributed by atoms with E-state index < -0.39 is 0 Å². The third-order valence-electron chi connectivity index (χ3n) is 3.19. The van der Waals surface area contributed by atoms with Crippen molar-refractivity contribution >= 4 is 0 Å². The van der Waals surface area contributed by atoms with E-state index in [1.807, 2.05) is 18.2 Å². The zero-order valence-corrected chi connectivity index (χ0v) is 11.3. The predicted molar refractivity (Wildman–Crippen MR) is 73.4 cm³/mol. The molecule has 0 aliphatic carbocycles. The molecule has 0 spiro atoms. The molecule has 0 N–H and O–H groups in total. The van der Waals surface area contributed by atoms with Crippen LogP contribution < -0.4 is 0 Å². The molecule has 2 rings (SSSR count).